The van der Waals surface area contributed by atoms with Crippen LogP contribution in [0.15, 0.2) is 23.1 Å². The number of nitrogens with one attached hydrogen (secondary N) is 1. The van der Waals surface area contributed by atoms with Crippen molar-refractivity contribution < 1.29 is 27.1 Å². The lowest BCUT2D eigenvalue weighted by Crippen LogP contribution is -2.47. The van der Waals surface area contributed by atoms with Crippen LogP contribution in [-0.2, 0) is 19.6 Å². The monoisotopic (exact) mass is 428 g/mol. The van der Waals surface area contributed by atoms with E-state index in [9.17, 15) is 22.4 Å². The highest BCUT2D eigenvalue weighted by Gasteiger charge is 2.31. The molecule has 29 heavy (non-hydrogen) atoms. The van der Waals surface area contributed by atoms with Gasteiger partial charge in [-0.15, -0.1) is 0 Å². The lowest BCUT2D eigenvalue weighted by Gasteiger charge is -2.35. The van der Waals surface area contributed by atoms with E-state index in [1.165, 1.54) is 21.0 Å². The highest BCUT2D eigenvalue weighted by molar-refractivity contribution is 7.89. The van der Waals surface area contributed by atoms with Crippen LogP contribution in [0.5, 0.6) is 0 Å². The molecule has 1 fully saturated rings. The number of sulfonamides is 1. The minimum absolute atomic E-state index is 0.00213. The molecule has 0 aromatic heterocycles. The summed E-state index contributed by atoms with van der Waals surface area (Å²) in [4.78, 5) is 24.6. The van der Waals surface area contributed by atoms with Gasteiger partial charge in [0.15, 0.2) is 6.10 Å². The number of rotatable bonds is 6. The van der Waals surface area contributed by atoms with Crippen LogP contribution >= 0.6 is 0 Å². The van der Waals surface area contributed by atoms with Gasteiger partial charge in [0, 0.05) is 20.1 Å². The van der Waals surface area contributed by atoms with Crippen LogP contribution in [0.1, 0.15) is 50.4 Å². The van der Waals surface area contributed by atoms with E-state index in [-0.39, 0.29) is 10.9 Å². The number of esters is 1. The summed E-state index contributed by atoms with van der Waals surface area (Å²) >= 11 is 0. The summed E-state index contributed by atoms with van der Waals surface area (Å²) in [5.41, 5.74) is -0.535. The van der Waals surface area contributed by atoms with Crippen LogP contribution in [0.4, 0.5) is 4.39 Å². The lowest BCUT2D eigenvalue weighted by atomic mass is 9.78. The molecule has 0 radical (unpaired) electrons. The van der Waals surface area contributed by atoms with Gasteiger partial charge in [0.05, 0.1) is 10.5 Å². The molecule has 0 unspecified atom stereocenters. The van der Waals surface area contributed by atoms with Gasteiger partial charge >= 0.3 is 5.97 Å². The van der Waals surface area contributed by atoms with Gasteiger partial charge in [-0.25, -0.2) is 21.9 Å². The average Bonchev–Trinajstić information content (AvgIpc) is 2.65. The van der Waals surface area contributed by atoms with Gasteiger partial charge in [0.25, 0.3) is 5.91 Å². The second-order valence-electron chi connectivity index (χ2n) is 7.86. The molecule has 1 saturated carbocycles. The Kier molecular flexibility index (Phi) is 7.40. The molecule has 162 valence electrons. The van der Waals surface area contributed by atoms with Crippen LogP contribution in [0.25, 0.3) is 0 Å². The molecule has 0 aliphatic heterocycles. The molecular formula is C20H29FN2O5S. The molecule has 0 heterocycles. The largest absolute Gasteiger partial charge is 0.449 e. The second-order valence-corrected chi connectivity index (χ2v) is 10.0. The number of amides is 1. The first-order chi connectivity index (χ1) is 13.4. The van der Waals surface area contributed by atoms with Gasteiger partial charge < -0.3 is 10.1 Å². The number of carbonyl (C=O) groups is 2. The highest BCUT2D eigenvalue weighted by atomic mass is 32.2. The first kappa shape index (κ1) is 23.3. The molecule has 1 aromatic carbocycles. The van der Waals surface area contributed by atoms with Crippen molar-refractivity contribution in [2.75, 3.05) is 14.1 Å². The topological polar surface area (TPSA) is 92.8 Å². The molecule has 4 atom stereocenters. The summed E-state index contributed by atoms with van der Waals surface area (Å²) in [7, 11) is -1.19. The number of halogens is 1. The molecule has 1 aliphatic rings. The number of hydrogen-bond acceptors (Lipinski definition) is 5. The minimum Gasteiger partial charge on any atom is -0.449 e. The van der Waals surface area contributed by atoms with Gasteiger partial charge in [-0.05, 0) is 43.4 Å². The van der Waals surface area contributed by atoms with E-state index in [0.29, 0.717) is 11.8 Å². The van der Waals surface area contributed by atoms with Crippen LogP contribution in [-0.4, -0.2) is 50.8 Å². The third-order valence-corrected chi connectivity index (χ3v) is 7.43. The predicted molar refractivity (Wildman–Crippen MR) is 106 cm³/mol. The highest BCUT2D eigenvalue weighted by Crippen LogP contribution is 2.29. The first-order valence-electron chi connectivity index (χ1n) is 9.68. The molecular weight excluding hydrogens is 399 g/mol. The Balaban J connectivity index is 2.10. The number of hydrogen-bond donors (Lipinski definition) is 1. The minimum atomic E-state index is -3.85. The van der Waals surface area contributed by atoms with Crippen LogP contribution in [0, 0.1) is 17.7 Å². The lowest BCUT2D eigenvalue weighted by molar-refractivity contribution is -0.130. The van der Waals surface area contributed by atoms with E-state index in [0.717, 1.165) is 41.8 Å². The molecule has 0 bridgehead atoms. The molecule has 7 nitrogen and oxygen atoms in total. The van der Waals surface area contributed by atoms with E-state index >= 15 is 0 Å². The molecule has 1 amide bonds. The Hall–Kier alpha value is -2.00. The van der Waals surface area contributed by atoms with Gasteiger partial charge in [-0.3, -0.25) is 4.79 Å². The predicted octanol–water partition coefficient (Wildman–Crippen LogP) is 2.56. The Labute approximate surface area is 171 Å². The summed E-state index contributed by atoms with van der Waals surface area (Å²) in [6, 6.07) is 2.88. The summed E-state index contributed by atoms with van der Waals surface area (Å²) in [5.74, 6) is -1.67. The summed E-state index contributed by atoms with van der Waals surface area (Å²) in [6.07, 6.45) is 1.85. The molecule has 1 N–H and O–H groups in total. The van der Waals surface area contributed by atoms with E-state index in [1.54, 1.807) is 0 Å². The van der Waals surface area contributed by atoms with Crippen molar-refractivity contribution in [3.8, 4) is 0 Å². The number of nitrogens with zero attached hydrogens (tertiary/aromatic N) is 1. The van der Waals surface area contributed by atoms with Crippen molar-refractivity contribution in [3.05, 3.63) is 29.6 Å². The zero-order valence-corrected chi connectivity index (χ0v) is 18.3. The Morgan fingerprint density at radius 3 is 2.52 bits per heavy atom. The third-order valence-electron chi connectivity index (χ3n) is 5.62. The van der Waals surface area contributed by atoms with Gasteiger partial charge in [-0.1, -0.05) is 26.7 Å². The number of benzene rings is 1. The fourth-order valence-corrected chi connectivity index (χ4v) is 4.32. The van der Waals surface area contributed by atoms with Crippen molar-refractivity contribution >= 4 is 21.9 Å². The maximum absolute atomic E-state index is 14.1. The Bertz CT molecular complexity index is 872. The summed E-state index contributed by atoms with van der Waals surface area (Å²) < 4.78 is 44.6. The van der Waals surface area contributed by atoms with Crippen molar-refractivity contribution in [1.82, 2.24) is 9.62 Å². The smallest absolute Gasteiger partial charge is 0.341 e. The summed E-state index contributed by atoms with van der Waals surface area (Å²) in [6.45, 7) is 5.63. The Morgan fingerprint density at radius 1 is 1.24 bits per heavy atom. The average molecular weight is 429 g/mol. The van der Waals surface area contributed by atoms with E-state index in [1.807, 2.05) is 0 Å². The first-order valence-corrected chi connectivity index (χ1v) is 11.1. The quantitative estimate of drug-likeness (QED) is 0.703. The van der Waals surface area contributed by atoms with Crippen molar-refractivity contribution in [2.24, 2.45) is 11.8 Å². The maximum Gasteiger partial charge on any atom is 0.341 e. The van der Waals surface area contributed by atoms with E-state index in [2.05, 4.69) is 19.2 Å². The third kappa shape index (κ3) is 5.33. The standard InChI is InChI=1S/C20H29FN2O5S/c1-12-7-6-8-18(13(12)2)22-19(24)14(3)28-20(25)16-11-15(9-10-17(16)21)29(26,27)23(4)5/h9-14,18H,6-8H2,1-5H3,(H,22,24)/t12-,13-,14-,18-/m1/s1. The molecule has 9 heteroatoms. The number of ether oxygens (including phenoxy) is 1. The number of carbonyl (C=O) groups excluding carboxylic acids is 2. The van der Waals surface area contributed by atoms with Crippen molar-refractivity contribution in [1.29, 1.82) is 0 Å². The zero-order valence-electron chi connectivity index (χ0n) is 17.4. The fraction of sp³-hybridized carbons (Fsp3) is 0.600. The van der Waals surface area contributed by atoms with Crippen molar-refractivity contribution in [2.45, 2.75) is 57.1 Å². The van der Waals surface area contributed by atoms with Gasteiger partial charge in [0.1, 0.15) is 5.82 Å². The van der Waals surface area contributed by atoms with Crippen molar-refractivity contribution in [3.63, 3.8) is 0 Å². The van der Waals surface area contributed by atoms with Crippen LogP contribution in [0.3, 0.4) is 0 Å². The molecule has 1 aliphatic carbocycles. The molecule has 0 spiro atoms. The second kappa shape index (κ2) is 9.21. The maximum atomic E-state index is 14.1. The SMILES string of the molecule is C[C@@H]1[C@H](C)CCC[C@H]1NC(=O)[C@@H](C)OC(=O)c1cc(S(=O)(=O)N(C)C)ccc1F. The van der Waals surface area contributed by atoms with E-state index < -0.39 is 39.4 Å². The van der Waals surface area contributed by atoms with Crippen LogP contribution in [0.2, 0.25) is 0 Å². The van der Waals surface area contributed by atoms with Gasteiger partial charge in [-0.2, -0.15) is 0 Å². The molecule has 1 aromatic rings. The normalized spacial score (nSPS) is 23.5. The Morgan fingerprint density at radius 2 is 1.90 bits per heavy atom. The fourth-order valence-electron chi connectivity index (χ4n) is 3.40. The van der Waals surface area contributed by atoms with Crippen LogP contribution < -0.4 is 5.32 Å². The molecule has 0 saturated heterocycles. The zero-order chi connectivity index (χ0) is 21.9. The molecule has 2 rings (SSSR count). The van der Waals surface area contributed by atoms with E-state index in [4.69, 9.17) is 4.74 Å². The van der Waals surface area contributed by atoms with Gasteiger partial charge in [0.2, 0.25) is 10.0 Å². The summed E-state index contributed by atoms with van der Waals surface area (Å²) in [5, 5.41) is 2.91.